The summed E-state index contributed by atoms with van der Waals surface area (Å²) in [5.74, 6) is 1.12. The molecule has 0 spiro atoms. The summed E-state index contributed by atoms with van der Waals surface area (Å²) in [6.45, 7) is 6.53. The lowest BCUT2D eigenvalue weighted by atomic mass is 9.95. The molecule has 0 aromatic heterocycles. The van der Waals surface area contributed by atoms with Gasteiger partial charge in [0.1, 0.15) is 5.75 Å². The summed E-state index contributed by atoms with van der Waals surface area (Å²) in [6.07, 6.45) is 0.807. The molecule has 1 aromatic rings. The number of ether oxygens (including phenoxy) is 1. The molecule has 1 aromatic carbocycles. The van der Waals surface area contributed by atoms with Crippen molar-refractivity contribution >= 4 is 5.91 Å². The van der Waals surface area contributed by atoms with Gasteiger partial charge >= 0.3 is 0 Å². The Kier molecular flexibility index (Phi) is 6.52. The number of methoxy groups -OCH3 is 1. The average molecular weight is 278 g/mol. The third-order valence-electron chi connectivity index (χ3n) is 3.38. The molecule has 0 aliphatic rings. The standard InChI is InChI=1S/C16H26N2O2/c1-11(2)9-13(10-17)16(19)18-12(3)14-7-5-6-8-15(14)20-4/h5-8,11-13H,9-10,17H2,1-4H3,(H,18,19)/t12-,13?/m1/s1. The summed E-state index contributed by atoms with van der Waals surface area (Å²) in [5, 5.41) is 3.03. The SMILES string of the molecule is COc1ccccc1[C@@H](C)NC(=O)C(CN)CC(C)C. The lowest BCUT2D eigenvalue weighted by molar-refractivity contribution is -0.125. The molecule has 0 radical (unpaired) electrons. The van der Waals surface area contributed by atoms with Crippen molar-refractivity contribution in [3.63, 3.8) is 0 Å². The van der Waals surface area contributed by atoms with Gasteiger partial charge in [0, 0.05) is 12.1 Å². The second-order valence-corrected chi connectivity index (χ2v) is 5.53. The first-order valence-corrected chi connectivity index (χ1v) is 7.12. The Morgan fingerprint density at radius 3 is 2.50 bits per heavy atom. The van der Waals surface area contributed by atoms with Crippen molar-refractivity contribution in [2.75, 3.05) is 13.7 Å². The van der Waals surface area contributed by atoms with Gasteiger partial charge in [-0.2, -0.15) is 0 Å². The monoisotopic (exact) mass is 278 g/mol. The number of benzene rings is 1. The maximum Gasteiger partial charge on any atom is 0.224 e. The number of para-hydroxylation sites is 1. The molecule has 0 saturated carbocycles. The van der Waals surface area contributed by atoms with Crippen LogP contribution in [-0.2, 0) is 4.79 Å². The maximum atomic E-state index is 12.3. The van der Waals surface area contributed by atoms with Crippen molar-refractivity contribution < 1.29 is 9.53 Å². The second-order valence-electron chi connectivity index (χ2n) is 5.53. The largest absolute Gasteiger partial charge is 0.496 e. The Balaban J connectivity index is 2.73. The molecule has 112 valence electrons. The van der Waals surface area contributed by atoms with Crippen molar-refractivity contribution in [2.45, 2.75) is 33.2 Å². The van der Waals surface area contributed by atoms with Crippen molar-refractivity contribution in [1.29, 1.82) is 0 Å². The zero-order valence-electron chi connectivity index (χ0n) is 12.8. The summed E-state index contributed by atoms with van der Waals surface area (Å²) in [6, 6.07) is 7.61. The van der Waals surface area contributed by atoms with E-state index in [0.717, 1.165) is 17.7 Å². The first-order valence-electron chi connectivity index (χ1n) is 7.12. The minimum atomic E-state index is -0.132. The van der Waals surface area contributed by atoms with Gasteiger partial charge in [0.15, 0.2) is 0 Å². The Bertz CT molecular complexity index is 432. The molecule has 20 heavy (non-hydrogen) atoms. The molecule has 4 heteroatoms. The van der Waals surface area contributed by atoms with Crippen LogP contribution in [0.15, 0.2) is 24.3 Å². The predicted octanol–water partition coefficient (Wildman–Crippen LogP) is 2.49. The van der Waals surface area contributed by atoms with E-state index in [1.165, 1.54) is 0 Å². The summed E-state index contributed by atoms with van der Waals surface area (Å²) >= 11 is 0. The Morgan fingerprint density at radius 1 is 1.30 bits per heavy atom. The molecule has 0 fully saturated rings. The van der Waals surface area contributed by atoms with E-state index < -0.39 is 0 Å². The number of amides is 1. The fourth-order valence-electron chi connectivity index (χ4n) is 2.31. The van der Waals surface area contributed by atoms with Crippen LogP contribution in [0.2, 0.25) is 0 Å². The smallest absolute Gasteiger partial charge is 0.224 e. The molecule has 0 aliphatic heterocycles. The fourth-order valence-corrected chi connectivity index (χ4v) is 2.31. The van der Waals surface area contributed by atoms with E-state index in [2.05, 4.69) is 19.2 Å². The number of nitrogens with one attached hydrogen (secondary N) is 1. The van der Waals surface area contributed by atoms with Crippen LogP contribution in [0.1, 0.15) is 38.8 Å². The van der Waals surface area contributed by atoms with Gasteiger partial charge in [0.05, 0.1) is 19.1 Å². The number of carbonyl (C=O) groups excluding carboxylic acids is 1. The maximum absolute atomic E-state index is 12.3. The Hall–Kier alpha value is -1.55. The molecule has 4 nitrogen and oxygen atoms in total. The average Bonchev–Trinajstić information content (AvgIpc) is 2.44. The molecule has 1 unspecified atom stereocenters. The van der Waals surface area contributed by atoms with Gasteiger partial charge < -0.3 is 15.8 Å². The fraction of sp³-hybridized carbons (Fsp3) is 0.562. The van der Waals surface area contributed by atoms with E-state index >= 15 is 0 Å². The van der Waals surface area contributed by atoms with Crippen LogP contribution in [-0.4, -0.2) is 19.6 Å². The van der Waals surface area contributed by atoms with Crippen LogP contribution in [0.5, 0.6) is 5.75 Å². The van der Waals surface area contributed by atoms with Gasteiger partial charge in [-0.1, -0.05) is 32.0 Å². The molecular weight excluding hydrogens is 252 g/mol. The number of nitrogens with two attached hydrogens (primary N) is 1. The van der Waals surface area contributed by atoms with E-state index in [1.807, 2.05) is 31.2 Å². The molecule has 0 saturated heterocycles. The van der Waals surface area contributed by atoms with Gasteiger partial charge in [0.2, 0.25) is 5.91 Å². The topological polar surface area (TPSA) is 64.3 Å². The summed E-state index contributed by atoms with van der Waals surface area (Å²) in [5.41, 5.74) is 6.68. The minimum Gasteiger partial charge on any atom is -0.496 e. The predicted molar refractivity (Wildman–Crippen MR) is 81.6 cm³/mol. The first kappa shape index (κ1) is 16.5. The first-order chi connectivity index (χ1) is 9.49. The number of rotatable bonds is 7. The molecule has 0 heterocycles. The quantitative estimate of drug-likeness (QED) is 0.805. The highest BCUT2D eigenvalue weighted by Gasteiger charge is 2.21. The second kappa shape index (κ2) is 7.90. The van der Waals surface area contributed by atoms with Crippen molar-refractivity contribution in [1.82, 2.24) is 5.32 Å². The van der Waals surface area contributed by atoms with E-state index in [0.29, 0.717) is 12.5 Å². The third kappa shape index (κ3) is 4.53. The Morgan fingerprint density at radius 2 is 1.95 bits per heavy atom. The highest BCUT2D eigenvalue weighted by Crippen LogP contribution is 2.24. The molecular formula is C16H26N2O2. The molecule has 1 rings (SSSR count). The summed E-state index contributed by atoms with van der Waals surface area (Å²) in [4.78, 5) is 12.3. The van der Waals surface area contributed by atoms with Crippen LogP contribution in [0.3, 0.4) is 0 Å². The van der Waals surface area contributed by atoms with Crippen molar-refractivity contribution in [2.24, 2.45) is 17.6 Å². The van der Waals surface area contributed by atoms with Gasteiger partial charge in [-0.3, -0.25) is 4.79 Å². The molecule has 0 aliphatic carbocycles. The van der Waals surface area contributed by atoms with Crippen molar-refractivity contribution in [3.8, 4) is 5.75 Å². The highest BCUT2D eigenvalue weighted by molar-refractivity contribution is 5.79. The van der Waals surface area contributed by atoms with Gasteiger partial charge in [0.25, 0.3) is 0 Å². The van der Waals surface area contributed by atoms with Crippen LogP contribution < -0.4 is 15.8 Å². The van der Waals surface area contributed by atoms with Crippen molar-refractivity contribution in [3.05, 3.63) is 29.8 Å². The zero-order valence-corrected chi connectivity index (χ0v) is 12.8. The zero-order chi connectivity index (χ0) is 15.1. The number of hydrogen-bond donors (Lipinski definition) is 2. The highest BCUT2D eigenvalue weighted by atomic mass is 16.5. The van der Waals surface area contributed by atoms with Gasteiger partial charge in [-0.25, -0.2) is 0 Å². The van der Waals surface area contributed by atoms with E-state index in [4.69, 9.17) is 10.5 Å². The van der Waals surface area contributed by atoms with Crippen LogP contribution >= 0.6 is 0 Å². The number of hydrogen-bond acceptors (Lipinski definition) is 3. The van der Waals surface area contributed by atoms with E-state index in [-0.39, 0.29) is 17.9 Å². The van der Waals surface area contributed by atoms with Gasteiger partial charge in [-0.15, -0.1) is 0 Å². The van der Waals surface area contributed by atoms with Crippen LogP contribution in [0.4, 0.5) is 0 Å². The van der Waals surface area contributed by atoms with Crippen LogP contribution in [0.25, 0.3) is 0 Å². The molecule has 1 amide bonds. The lowest BCUT2D eigenvalue weighted by Crippen LogP contribution is -2.37. The van der Waals surface area contributed by atoms with Gasteiger partial charge in [-0.05, 0) is 25.3 Å². The molecule has 0 bridgehead atoms. The van der Waals surface area contributed by atoms with E-state index in [9.17, 15) is 4.79 Å². The minimum absolute atomic E-state index is 0.0135. The third-order valence-corrected chi connectivity index (χ3v) is 3.38. The van der Waals surface area contributed by atoms with E-state index in [1.54, 1.807) is 7.11 Å². The lowest BCUT2D eigenvalue weighted by Gasteiger charge is -2.22. The Labute approximate surface area is 121 Å². The summed E-state index contributed by atoms with van der Waals surface area (Å²) < 4.78 is 5.32. The molecule has 3 N–H and O–H groups in total. The van der Waals surface area contributed by atoms with Crippen LogP contribution in [0, 0.1) is 11.8 Å². The molecule has 2 atom stereocenters. The normalized spacial score (nSPS) is 13.9. The summed E-state index contributed by atoms with van der Waals surface area (Å²) in [7, 11) is 1.63. The number of carbonyl (C=O) groups is 1.